The molecule has 1 atom stereocenters. The van der Waals surface area contributed by atoms with E-state index in [1.54, 1.807) is 7.11 Å². The van der Waals surface area contributed by atoms with Gasteiger partial charge < -0.3 is 9.47 Å². The van der Waals surface area contributed by atoms with E-state index in [1.165, 1.54) is 0 Å². The summed E-state index contributed by atoms with van der Waals surface area (Å²) in [5, 5.41) is 2.14. The number of carbonyl (C=O) groups is 1. The van der Waals surface area contributed by atoms with Gasteiger partial charge in [0, 0.05) is 18.1 Å². The Morgan fingerprint density at radius 3 is 2.74 bits per heavy atom. The second kappa shape index (κ2) is 5.02. The van der Waals surface area contributed by atoms with Crippen LogP contribution in [0.4, 0.5) is 0 Å². The quantitative estimate of drug-likeness (QED) is 0.792. The molecule has 1 aliphatic rings. The maximum absolute atomic E-state index is 12.3. The van der Waals surface area contributed by atoms with Crippen molar-refractivity contribution in [2.24, 2.45) is 5.92 Å². The SMILES string of the molecule is COc1ccc2cc(C(=O)C3CCOC3)ccc2c1. The molecule has 3 nitrogen and oxygen atoms in total. The van der Waals surface area contributed by atoms with Crippen LogP contribution in [0.5, 0.6) is 5.75 Å². The van der Waals surface area contributed by atoms with Gasteiger partial charge in [0.1, 0.15) is 5.75 Å². The summed E-state index contributed by atoms with van der Waals surface area (Å²) in [6.07, 6.45) is 0.833. The third-order valence-corrected chi connectivity index (χ3v) is 3.63. The molecule has 0 spiro atoms. The maximum Gasteiger partial charge on any atom is 0.168 e. The van der Waals surface area contributed by atoms with Crippen LogP contribution in [0.2, 0.25) is 0 Å². The van der Waals surface area contributed by atoms with Gasteiger partial charge in [0.05, 0.1) is 13.7 Å². The highest BCUT2D eigenvalue weighted by Gasteiger charge is 2.24. The van der Waals surface area contributed by atoms with Crippen LogP contribution in [0.25, 0.3) is 10.8 Å². The van der Waals surface area contributed by atoms with E-state index in [-0.39, 0.29) is 11.7 Å². The first-order chi connectivity index (χ1) is 9.28. The van der Waals surface area contributed by atoms with E-state index in [2.05, 4.69) is 0 Å². The summed E-state index contributed by atoms with van der Waals surface area (Å²) in [7, 11) is 1.65. The molecule has 3 rings (SSSR count). The van der Waals surface area contributed by atoms with Crippen LogP contribution in [0.15, 0.2) is 36.4 Å². The molecular weight excluding hydrogens is 240 g/mol. The maximum atomic E-state index is 12.3. The predicted molar refractivity (Wildman–Crippen MR) is 73.8 cm³/mol. The van der Waals surface area contributed by atoms with E-state index in [0.717, 1.165) is 28.5 Å². The minimum absolute atomic E-state index is 0.0238. The van der Waals surface area contributed by atoms with Gasteiger partial charge in [-0.2, -0.15) is 0 Å². The highest BCUT2D eigenvalue weighted by atomic mass is 16.5. The van der Waals surface area contributed by atoms with Crippen molar-refractivity contribution >= 4 is 16.6 Å². The van der Waals surface area contributed by atoms with E-state index in [0.29, 0.717) is 13.2 Å². The molecule has 0 saturated carbocycles. The lowest BCUT2D eigenvalue weighted by Gasteiger charge is -2.08. The third kappa shape index (κ3) is 2.34. The third-order valence-electron chi connectivity index (χ3n) is 3.63. The van der Waals surface area contributed by atoms with E-state index in [4.69, 9.17) is 9.47 Å². The number of hydrogen-bond acceptors (Lipinski definition) is 3. The van der Waals surface area contributed by atoms with E-state index >= 15 is 0 Å². The minimum Gasteiger partial charge on any atom is -0.497 e. The summed E-state index contributed by atoms with van der Waals surface area (Å²) in [6, 6.07) is 11.7. The van der Waals surface area contributed by atoms with Crippen LogP contribution < -0.4 is 4.74 Å². The fourth-order valence-corrected chi connectivity index (χ4v) is 2.48. The van der Waals surface area contributed by atoms with Crippen LogP contribution in [-0.2, 0) is 4.74 Å². The molecule has 1 aliphatic heterocycles. The molecule has 3 heteroatoms. The first-order valence-corrected chi connectivity index (χ1v) is 6.48. The molecule has 0 radical (unpaired) electrons. The van der Waals surface area contributed by atoms with Gasteiger partial charge in [-0.05, 0) is 35.4 Å². The number of rotatable bonds is 3. The van der Waals surface area contributed by atoms with Gasteiger partial charge in [-0.25, -0.2) is 0 Å². The molecule has 0 bridgehead atoms. The molecular formula is C16H16O3. The zero-order chi connectivity index (χ0) is 13.2. The number of ether oxygens (including phenoxy) is 2. The van der Waals surface area contributed by atoms with Crippen LogP contribution in [0, 0.1) is 5.92 Å². The van der Waals surface area contributed by atoms with Gasteiger partial charge in [-0.15, -0.1) is 0 Å². The first-order valence-electron chi connectivity index (χ1n) is 6.48. The summed E-state index contributed by atoms with van der Waals surface area (Å²) < 4.78 is 10.5. The van der Waals surface area contributed by atoms with Crippen molar-refractivity contribution in [3.8, 4) is 5.75 Å². The zero-order valence-corrected chi connectivity index (χ0v) is 10.9. The number of benzene rings is 2. The Morgan fingerprint density at radius 1 is 1.21 bits per heavy atom. The molecule has 0 amide bonds. The monoisotopic (exact) mass is 256 g/mol. The van der Waals surface area contributed by atoms with Crippen molar-refractivity contribution in [3.63, 3.8) is 0 Å². The zero-order valence-electron chi connectivity index (χ0n) is 10.9. The number of fused-ring (bicyclic) bond motifs is 1. The average Bonchev–Trinajstić information content (AvgIpc) is 2.99. The number of carbonyl (C=O) groups excluding carboxylic acids is 1. The topological polar surface area (TPSA) is 35.5 Å². The second-order valence-electron chi connectivity index (χ2n) is 4.85. The number of hydrogen-bond donors (Lipinski definition) is 0. The molecule has 2 aromatic rings. The second-order valence-corrected chi connectivity index (χ2v) is 4.85. The molecule has 1 saturated heterocycles. The molecule has 1 unspecified atom stereocenters. The highest BCUT2D eigenvalue weighted by Crippen LogP contribution is 2.24. The van der Waals surface area contributed by atoms with Crippen LogP contribution in [0.1, 0.15) is 16.8 Å². The Kier molecular flexibility index (Phi) is 3.22. The Balaban J connectivity index is 1.95. The lowest BCUT2D eigenvalue weighted by molar-refractivity contribution is 0.0900. The number of methoxy groups -OCH3 is 1. The summed E-state index contributed by atoms with van der Waals surface area (Å²) in [6.45, 7) is 1.25. The molecule has 0 aromatic heterocycles. The van der Waals surface area contributed by atoms with Crippen molar-refractivity contribution in [1.29, 1.82) is 0 Å². The van der Waals surface area contributed by atoms with Crippen molar-refractivity contribution in [2.75, 3.05) is 20.3 Å². The average molecular weight is 256 g/mol. The van der Waals surface area contributed by atoms with Crippen LogP contribution >= 0.6 is 0 Å². The van der Waals surface area contributed by atoms with Gasteiger partial charge in [0.2, 0.25) is 0 Å². The van der Waals surface area contributed by atoms with Gasteiger partial charge in [-0.3, -0.25) is 4.79 Å². The Hall–Kier alpha value is -1.87. The smallest absolute Gasteiger partial charge is 0.168 e. The molecule has 98 valence electrons. The van der Waals surface area contributed by atoms with E-state index < -0.39 is 0 Å². The standard InChI is InChI=1S/C16H16O3/c1-18-15-5-4-11-8-13(3-2-12(11)9-15)16(17)14-6-7-19-10-14/h2-5,8-9,14H,6-7,10H2,1H3. The van der Waals surface area contributed by atoms with Crippen LogP contribution in [0.3, 0.4) is 0 Å². The molecule has 1 fully saturated rings. The van der Waals surface area contributed by atoms with Gasteiger partial charge in [0.15, 0.2) is 5.78 Å². The van der Waals surface area contributed by atoms with Crippen molar-refractivity contribution < 1.29 is 14.3 Å². The highest BCUT2D eigenvalue weighted by molar-refractivity contribution is 6.01. The van der Waals surface area contributed by atoms with Crippen molar-refractivity contribution in [2.45, 2.75) is 6.42 Å². The fourth-order valence-electron chi connectivity index (χ4n) is 2.48. The summed E-state index contributed by atoms with van der Waals surface area (Å²) in [4.78, 5) is 12.3. The Bertz CT molecular complexity index is 612. The first kappa shape index (κ1) is 12.2. The minimum atomic E-state index is 0.0238. The molecule has 0 N–H and O–H groups in total. The summed E-state index contributed by atoms with van der Waals surface area (Å²) in [5.41, 5.74) is 0.771. The van der Waals surface area contributed by atoms with Gasteiger partial charge >= 0.3 is 0 Å². The molecule has 2 aromatic carbocycles. The van der Waals surface area contributed by atoms with Gasteiger partial charge in [0.25, 0.3) is 0 Å². The Morgan fingerprint density at radius 2 is 2.00 bits per heavy atom. The molecule has 0 aliphatic carbocycles. The number of Topliss-reactive ketones (excluding diaryl/α,β-unsaturated/α-hetero) is 1. The summed E-state index contributed by atoms with van der Waals surface area (Å²) in [5.74, 6) is 1.04. The summed E-state index contributed by atoms with van der Waals surface area (Å²) >= 11 is 0. The molecule has 19 heavy (non-hydrogen) atoms. The lowest BCUT2D eigenvalue weighted by Crippen LogP contribution is -2.14. The van der Waals surface area contributed by atoms with Crippen molar-refractivity contribution in [1.82, 2.24) is 0 Å². The fraction of sp³-hybridized carbons (Fsp3) is 0.312. The Labute approximate surface area is 112 Å². The number of ketones is 1. The molecule has 1 heterocycles. The normalized spacial score (nSPS) is 18.7. The largest absolute Gasteiger partial charge is 0.497 e. The predicted octanol–water partition coefficient (Wildman–Crippen LogP) is 3.07. The van der Waals surface area contributed by atoms with E-state index in [1.807, 2.05) is 36.4 Å². The van der Waals surface area contributed by atoms with Crippen molar-refractivity contribution in [3.05, 3.63) is 42.0 Å². The van der Waals surface area contributed by atoms with Crippen LogP contribution in [-0.4, -0.2) is 26.1 Å². The van der Waals surface area contributed by atoms with Gasteiger partial charge in [-0.1, -0.05) is 18.2 Å². The lowest BCUT2D eigenvalue weighted by atomic mass is 9.95. The van der Waals surface area contributed by atoms with E-state index in [9.17, 15) is 4.79 Å².